The number of anilines is 1. The van der Waals surface area contributed by atoms with Crippen molar-refractivity contribution in [2.45, 2.75) is 19.4 Å². The van der Waals surface area contributed by atoms with Gasteiger partial charge in [0, 0.05) is 44.2 Å². The number of halogens is 1. The van der Waals surface area contributed by atoms with Crippen molar-refractivity contribution < 1.29 is 19.2 Å². The molecule has 0 saturated carbocycles. The van der Waals surface area contributed by atoms with Crippen LogP contribution in [0.5, 0.6) is 0 Å². The minimum Gasteiger partial charge on any atom is -0.342 e. The molecule has 1 atom stereocenters. The average molecular weight is 471 g/mol. The molecular formula is C24H27ClN4O4. The molecule has 1 aliphatic heterocycles. The number of carbonyl (C=O) groups is 4. The summed E-state index contributed by atoms with van der Waals surface area (Å²) in [5.74, 6) is -1.19. The summed E-state index contributed by atoms with van der Waals surface area (Å²) in [6.07, 6.45) is 0.301. The smallest absolute Gasteiger partial charge is 0.249 e. The van der Waals surface area contributed by atoms with E-state index in [4.69, 9.17) is 11.6 Å². The molecule has 174 valence electrons. The van der Waals surface area contributed by atoms with Crippen molar-refractivity contribution in [3.05, 3.63) is 65.2 Å². The Morgan fingerprint density at radius 3 is 2.33 bits per heavy atom. The summed E-state index contributed by atoms with van der Waals surface area (Å²) >= 11 is 5.95. The van der Waals surface area contributed by atoms with Gasteiger partial charge in [-0.3, -0.25) is 19.2 Å². The van der Waals surface area contributed by atoms with Crippen molar-refractivity contribution in [1.29, 1.82) is 0 Å². The Morgan fingerprint density at radius 2 is 1.73 bits per heavy atom. The van der Waals surface area contributed by atoms with E-state index in [0.29, 0.717) is 23.7 Å². The highest BCUT2D eigenvalue weighted by atomic mass is 35.5. The maximum atomic E-state index is 13.3. The first-order valence-corrected chi connectivity index (χ1v) is 11.0. The third-order valence-corrected chi connectivity index (χ3v) is 5.81. The predicted molar refractivity (Wildman–Crippen MR) is 126 cm³/mol. The van der Waals surface area contributed by atoms with E-state index in [1.807, 2.05) is 30.3 Å². The molecule has 33 heavy (non-hydrogen) atoms. The number of benzene rings is 2. The van der Waals surface area contributed by atoms with Crippen LogP contribution in [0.1, 0.15) is 12.5 Å². The predicted octanol–water partition coefficient (Wildman–Crippen LogP) is 1.72. The Kier molecular flexibility index (Phi) is 8.06. The number of likely N-dealkylation sites (N-methyl/N-ethyl adjacent to an activating group) is 1. The quantitative estimate of drug-likeness (QED) is 0.667. The second-order valence-electron chi connectivity index (χ2n) is 7.94. The lowest BCUT2D eigenvalue weighted by Gasteiger charge is -2.33. The molecule has 3 rings (SSSR count). The van der Waals surface area contributed by atoms with Gasteiger partial charge in [-0.05, 0) is 29.8 Å². The van der Waals surface area contributed by atoms with Gasteiger partial charge in [0.05, 0.1) is 13.1 Å². The monoisotopic (exact) mass is 470 g/mol. The van der Waals surface area contributed by atoms with Gasteiger partial charge in [-0.15, -0.1) is 0 Å². The molecule has 0 unspecified atom stereocenters. The van der Waals surface area contributed by atoms with Gasteiger partial charge in [0.1, 0.15) is 6.04 Å². The van der Waals surface area contributed by atoms with Crippen LogP contribution in [0.25, 0.3) is 0 Å². The summed E-state index contributed by atoms with van der Waals surface area (Å²) < 4.78 is 0. The number of amides is 4. The second kappa shape index (κ2) is 11.0. The molecule has 0 aromatic heterocycles. The molecular weight excluding hydrogens is 444 g/mol. The fourth-order valence-electron chi connectivity index (χ4n) is 3.63. The van der Waals surface area contributed by atoms with E-state index >= 15 is 0 Å². The maximum absolute atomic E-state index is 13.3. The van der Waals surface area contributed by atoms with Gasteiger partial charge < -0.3 is 20.0 Å². The summed E-state index contributed by atoms with van der Waals surface area (Å²) in [7, 11) is 1.64. The fourth-order valence-corrected chi connectivity index (χ4v) is 3.76. The molecule has 1 heterocycles. The van der Waals surface area contributed by atoms with Gasteiger partial charge in [0.2, 0.25) is 23.6 Å². The van der Waals surface area contributed by atoms with E-state index in [2.05, 4.69) is 5.32 Å². The fraction of sp³-hybridized carbons (Fsp3) is 0.333. The summed E-state index contributed by atoms with van der Waals surface area (Å²) in [4.78, 5) is 54.3. The first-order valence-electron chi connectivity index (χ1n) is 10.6. The van der Waals surface area contributed by atoms with Gasteiger partial charge in [-0.1, -0.05) is 41.9 Å². The molecule has 1 fully saturated rings. The van der Waals surface area contributed by atoms with Crippen molar-refractivity contribution in [2.24, 2.45) is 0 Å². The minimum absolute atomic E-state index is 0.0473. The molecule has 0 aliphatic carbocycles. The highest BCUT2D eigenvalue weighted by Gasteiger charge is 2.29. The van der Waals surface area contributed by atoms with Crippen molar-refractivity contribution in [3.63, 3.8) is 0 Å². The van der Waals surface area contributed by atoms with Crippen LogP contribution in [0, 0.1) is 0 Å². The molecule has 2 aromatic carbocycles. The summed E-state index contributed by atoms with van der Waals surface area (Å²) in [6.45, 7) is 1.84. The molecule has 4 amide bonds. The molecule has 1 N–H and O–H groups in total. The first kappa shape index (κ1) is 24.3. The Labute approximate surface area is 198 Å². The Balaban J connectivity index is 1.70. The van der Waals surface area contributed by atoms with Crippen LogP contribution in [0.2, 0.25) is 5.02 Å². The van der Waals surface area contributed by atoms with Crippen molar-refractivity contribution >= 4 is 40.9 Å². The summed E-state index contributed by atoms with van der Waals surface area (Å²) in [5, 5.41) is 3.36. The molecule has 8 nitrogen and oxygen atoms in total. The molecule has 2 aromatic rings. The van der Waals surface area contributed by atoms with Crippen LogP contribution in [-0.2, 0) is 25.6 Å². The Morgan fingerprint density at radius 1 is 1.06 bits per heavy atom. The van der Waals surface area contributed by atoms with E-state index in [1.165, 1.54) is 21.6 Å². The van der Waals surface area contributed by atoms with Crippen molar-refractivity contribution in [3.8, 4) is 0 Å². The number of hydrogen-bond acceptors (Lipinski definition) is 4. The van der Waals surface area contributed by atoms with E-state index < -0.39 is 11.9 Å². The lowest BCUT2D eigenvalue weighted by Crippen LogP contribution is -2.56. The third-order valence-electron chi connectivity index (χ3n) is 5.56. The molecule has 0 radical (unpaired) electrons. The number of rotatable bonds is 7. The number of nitrogens with zero attached hydrogens (tertiary/aromatic N) is 3. The SMILES string of the molecule is CC(=O)N1CCN(CC(=O)N[C@@H](Cc2ccccc2)C(=O)N(C)c2ccc(Cl)cc2)C(=O)C1. The zero-order valence-electron chi connectivity index (χ0n) is 18.7. The number of piperazine rings is 1. The molecule has 1 saturated heterocycles. The second-order valence-corrected chi connectivity index (χ2v) is 8.38. The van der Waals surface area contributed by atoms with Gasteiger partial charge in [0.15, 0.2) is 0 Å². The third kappa shape index (κ3) is 6.55. The van der Waals surface area contributed by atoms with Crippen LogP contribution in [0.15, 0.2) is 54.6 Å². The van der Waals surface area contributed by atoms with Crippen molar-refractivity contribution in [2.75, 3.05) is 38.1 Å². The van der Waals surface area contributed by atoms with E-state index in [1.54, 1.807) is 31.3 Å². The zero-order chi connectivity index (χ0) is 24.0. The van der Waals surface area contributed by atoms with Gasteiger partial charge in [0.25, 0.3) is 0 Å². The lowest BCUT2D eigenvalue weighted by molar-refractivity contribution is -0.146. The Bertz CT molecular complexity index is 1010. The Hall–Kier alpha value is -3.39. The van der Waals surface area contributed by atoms with E-state index in [9.17, 15) is 19.2 Å². The van der Waals surface area contributed by atoms with Crippen LogP contribution in [-0.4, -0.2) is 72.7 Å². The first-order chi connectivity index (χ1) is 15.7. The molecule has 0 bridgehead atoms. The topological polar surface area (TPSA) is 90.0 Å². The standard InChI is InChI=1S/C24H27ClN4O4/c1-17(30)28-12-13-29(23(32)16-28)15-22(31)26-21(14-18-6-4-3-5-7-18)24(33)27(2)20-10-8-19(25)9-11-20/h3-11,21H,12-16H2,1-2H3,(H,26,31)/t21-/m0/s1. The van der Waals surface area contributed by atoms with Crippen molar-refractivity contribution in [1.82, 2.24) is 15.1 Å². The molecule has 9 heteroatoms. The van der Waals surface area contributed by atoms with E-state index in [0.717, 1.165) is 5.56 Å². The lowest BCUT2D eigenvalue weighted by atomic mass is 10.0. The normalized spacial score (nSPS) is 14.6. The zero-order valence-corrected chi connectivity index (χ0v) is 19.4. The van der Waals surface area contributed by atoms with E-state index in [-0.39, 0.29) is 37.4 Å². The summed E-state index contributed by atoms with van der Waals surface area (Å²) in [5.41, 5.74) is 1.54. The largest absolute Gasteiger partial charge is 0.342 e. The number of hydrogen-bond donors (Lipinski definition) is 1. The maximum Gasteiger partial charge on any atom is 0.249 e. The van der Waals surface area contributed by atoms with Gasteiger partial charge in [-0.25, -0.2) is 0 Å². The molecule has 1 aliphatic rings. The number of nitrogens with one attached hydrogen (secondary N) is 1. The van der Waals surface area contributed by atoms with Gasteiger partial charge in [-0.2, -0.15) is 0 Å². The van der Waals surface area contributed by atoms with Gasteiger partial charge >= 0.3 is 0 Å². The highest BCUT2D eigenvalue weighted by molar-refractivity contribution is 6.30. The average Bonchev–Trinajstić information content (AvgIpc) is 2.80. The minimum atomic E-state index is -0.825. The van der Waals surface area contributed by atoms with Crippen LogP contribution in [0.4, 0.5) is 5.69 Å². The number of carbonyl (C=O) groups excluding carboxylic acids is 4. The van der Waals surface area contributed by atoms with Crippen LogP contribution >= 0.6 is 11.6 Å². The highest BCUT2D eigenvalue weighted by Crippen LogP contribution is 2.18. The van der Waals surface area contributed by atoms with Crippen LogP contribution < -0.4 is 10.2 Å². The van der Waals surface area contributed by atoms with Crippen LogP contribution in [0.3, 0.4) is 0 Å². The summed E-state index contributed by atoms with van der Waals surface area (Å²) in [6, 6.07) is 15.4. The molecule has 0 spiro atoms.